The van der Waals surface area contributed by atoms with Gasteiger partial charge in [0.15, 0.2) is 5.11 Å². The van der Waals surface area contributed by atoms with Crippen LogP contribution in [-0.2, 0) is 6.54 Å². The molecule has 3 N–H and O–H groups in total. The maximum atomic E-state index is 5.91. The predicted molar refractivity (Wildman–Crippen MR) is 73.6 cm³/mol. The summed E-state index contributed by atoms with van der Waals surface area (Å²) in [4.78, 5) is 4.04. The molecule has 7 heteroatoms. The molecule has 0 aromatic carbocycles. The van der Waals surface area contributed by atoms with Crippen LogP contribution in [0.4, 0.5) is 0 Å². The number of nitrogens with one attached hydrogen (secondary N) is 3. The molecule has 0 amide bonds. The lowest BCUT2D eigenvalue weighted by molar-refractivity contribution is 0.646. The third-order valence-corrected chi connectivity index (χ3v) is 2.82. The second kappa shape index (κ2) is 6.41. The second-order valence-electron chi connectivity index (χ2n) is 2.66. The number of nitrogens with zero attached hydrogens (tertiary/aromatic N) is 1. The quantitative estimate of drug-likeness (QED) is 0.331. The van der Waals surface area contributed by atoms with Crippen molar-refractivity contribution in [2.75, 3.05) is 7.05 Å². The Morgan fingerprint density at radius 2 is 2.40 bits per heavy atom. The van der Waals surface area contributed by atoms with E-state index in [1.54, 1.807) is 13.2 Å². The van der Waals surface area contributed by atoms with E-state index in [1.807, 2.05) is 6.07 Å². The van der Waals surface area contributed by atoms with E-state index >= 15 is 0 Å². The van der Waals surface area contributed by atoms with Gasteiger partial charge in [-0.25, -0.2) is 10.4 Å². The highest BCUT2D eigenvalue weighted by molar-refractivity contribution is 14.1. The molecule has 82 valence electrons. The summed E-state index contributed by atoms with van der Waals surface area (Å²) < 4.78 is 1.05. The average Bonchev–Trinajstić information content (AvgIpc) is 2.23. The molecule has 0 radical (unpaired) electrons. The number of thiocarbonyl (C=S) groups is 1. The fraction of sp³-hybridized carbons (Fsp3) is 0.250. The number of hydrogen-bond acceptors (Lipinski definition) is 3. The molecule has 0 aliphatic carbocycles. The molecule has 0 spiro atoms. The third kappa shape index (κ3) is 4.45. The molecule has 0 bridgehead atoms. The summed E-state index contributed by atoms with van der Waals surface area (Å²) in [5.41, 5.74) is 6.67. The SMILES string of the molecule is CNC(=S)NNCc1cc(I)cnc1Cl. The van der Waals surface area contributed by atoms with Crippen molar-refractivity contribution in [1.29, 1.82) is 0 Å². The fourth-order valence-electron chi connectivity index (χ4n) is 0.871. The van der Waals surface area contributed by atoms with Crippen LogP contribution >= 0.6 is 46.4 Å². The van der Waals surface area contributed by atoms with Crippen molar-refractivity contribution >= 4 is 51.5 Å². The molecular formula is C8H10ClIN4S. The van der Waals surface area contributed by atoms with E-state index in [9.17, 15) is 0 Å². The normalized spacial score (nSPS) is 9.80. The van der Waals surface area contributed by atoms with Crippen molar-refractivity contribution in [3.63, 3.8) is 0 Å². The van der Waals surface area contributed by atoms with E-state index in [-0.39, 0.29) is 0 Å². The summed E-state index contributed by atoms with van der Waals surface area (Å²) in [6.45, 7) is 0.560. The Balaban J connectivity index is 2.50. The van der Waals surface area contributed by atoms with Crippen LogP contribution < -0.4 is 16.2 Å². The Morgan fingerprint density at radius 1 is 1.67 bits per heavy atom. The minimum absolute atomic E-state index is 0.500. The van der Waals surface area contributed by atoms with Gasteiger partial charge in [0.05, 0.1) is 0 Å². The van der Waals surface area contributed by atoms with Gasteiger partial charge in [-0.3, -0.25) is 5.43 Å². The first-order chi connectivity index (χ1) is 7.13. The lowest BCUT2D eigenvalue weighted by Crippen LogP contribution is -2.42. The third-order valence-electron chi connectivity index (χ3n) is 1.59. The lowest BCUT2D eigenvalue weighted by Gasteiger charge is -2.09. The van der Waals surface area contributed by atoms with E-state index in [1.165, 1.54) is 0 Å². The number of halogens is 2. The van der Waals surface area contributed by atoms with Crippen molar-refractivity contribution in [1.82, 2.24) is 21.2 Å². The van der Waals surface area contributed by atoms with Gasteiger partial charge >= 0.3 is 0 Å². The first-order valence-corrected chi connectivity index (χ1v) is 6.00. The van der Waals surface area contributed by atoms with Crippen LogP contribution in [0.1, 0.15) is 5.56 Å². The molecule has 0 aliphatic heterocycles. The van der Waals surface area contributed by atoms with Crippen LogP contribution in [0, 0.1) is 3.57 Å². The highest BCUT2D eigenvalue weighted by atomic mass is 127. The van der Waals surface area contributed by atoms with E-state index in [0.717, 1.165) is 9.13 Å². The number of rotatable bonds is 3. The number of aromatic nitrogens is 1. The summed E-state index contributed by atoms with van der Waals surface area (Å²) in [5, 5.41) is 3.82. The molecule has 0 atom stereocenters. The van der Waals surface area contributed by atoms with Crippen molar-refractivity contribution in [3.8, 4) is 0 Å². The average molecular weight is 357 g/mol. The van der Waals surface area contributed by atoms with E-state index in [0.29, 0.717) is 16.8 Å². The lowest BCUT2D eigenvalue weighted by atomic mass is 10.3. The number of pyridine rings is 1. The van der Waals surface area contributed by atoms with Crippen LogP contribution in [0.3, 0.4) is 0 Å². The topological polar surface area (TPSA) is 49.0 Å². The Hall–Kier alpha value is -0.180. The zero-order valence-electron chi connectivity index (χ0n) is 7.97. The van der Waals surface area contributed by atoms with Crippen LogP contribution in [0.25, 0.3) is 0 Å². The van der Waals surface area contributed by atoms with Gasteiger partial charge in [0.1, 0.15) is 5.15 Å². The Labute approximate surface area is 112 Å². The maximum Gasteiger partial charge on any atom is 0.180 e. The summed E-state index contributed by atoms with van der Waals surface area (Å²) in [6, 6.07) is 1.97. The molecule has 1 heterocycles. The van der Waals surface area contributed by atoms with Gasteiger partial charge in [-0.2, -0.15) is 0 Å². The molecule has 4 nitrogen and oxygen atoms in total. The van der Waals surface area contributed by atoms with Gasteiger partial charge in [-0.1, -0.05) is 11.6 Å². The van der Waals surface area contributed by atoms with E-state index in [2.05, 4.69) is 43.7 Å². The molecule has 15 heavy (non-hydrogen) atoms. The van der Waals surface area contributed by atoms with Crippen molar-refractivity contribution < 1.29 is 0 Å². The van der Waals surface area contributed by atoms with Gasteiger partial charge in [0.2, 0.25) is 0 Å². The first-order valence-electron chi connectivity index (χ1n) is 4.14. The molecular weight excluding hydrogens is 347 g/mol. The van der Waals surface area contributed by atoms with Gasteiger partial charge in [0.25, 0.3) is 0 Å². The monoisotopic (exact) mass is 356 g/mol. The number of hydrazine groups is 1. The summed E-state index contributed by atoms with van der Waals surface area (Å²) in [5.74, 6) is 0. The molecule has 0 fully saturated rings. The van der Waals surface area contributed by atoms with Gasteiger partial charge < -0.3 is 5.32 Å². The molecule has 0 unspecified atom stereocenters. The first kappa shape index (κ1) is 12.9. The molecule has 1 aromatic rings. The van der Waals surface area contributed by atoms with E-state index in [4.69, 9.17) is 23.8 Å². The van der Waals surface area contributed by atoms with Gasteiger partial charge in [-0.15, -0.1) is 0 Å². The Kier molecular flexibility index (Phi) is 5.51. The maximum absolute atomic E-state index is 5.91. The minimum Gasteiger partial charge on any atom is -0.365 e. The molecule has 0 saturated heterocycles. The van der Waals surface area contributed by atoms with Crippen molar-refractivity contribution in [2.45, 2.75) is 6.54 Å². The molecule has 1 aromatic heterocycles. The highest BCUT2D eigenvalue weighted by Crippen LogP contribution is 2.14. The molecule has 1 rings (SSSR count). The zero-order chi connectivity index (χ0) is 11.3. The second-order valence-corrected chi connectivity index (χ2v) is 4.67. The summed E-state index contributed by atoms with van der Waals surface area (Å²) in [6.07, 6.45) is 1.72. The smallest absolute Gasteiger partial charge is 0.180 e. The predicted octanol–water partition coefficient (Wildman–Crippen LogP) is 1.44. The van der Waals surface area contributed by atoms with Crippen molar-refractivity contribution in [3.05, 3.63) is 26.5 Å². The summed E-state index contributed by atoms with van der Waals surface area (Å²) in [7, 11) is 1.75. The molecule has 0 aliphatic rings. The standard InChI is InChI=1S/C8H10ClIN4S/c1-11-8(15)14-13-3-5-2-6(10)4-12-7(5)9/h2,4,13H,3H2,1H3,(H2,11,14,15). The van der Waals surface area contributed by atoms with Crippen LogP contribution in [0.5, 0.6) is 0 Å². The highest BCUT2D eigenvalue weighted by Gasteiger charge is 2.01. The largest absolute Gasteiger partial charge is 0.365 e. The van der Waals surface area contributed by atoms with Crippen LogP contribution in [-0.4, -0.2) is 17.1 Å². The fourth-order valence-corrected chi connectivity index (χ4v) is 1.63. The van der Waals surface area contributed by atoms with Crippen LogP contribution in [0.15, 0.2) is 12.3 Å². The number of hydrogen-bond donors (Lipinski definition) is 3. The minimum atomic E-state index is 0.500. The van der Waals surface area contributed by atoms with Gasteiger partial charge in [-0.05, 0) is 40.9 Å². The molecule has 0 saturated carbocycles. The Morgan fingerprint density at radius 3 is 3.07 bits per heavy atom. The Bertz CT molecular complexity index is 360. The van der Waals surface area contributed by atoms with Crippen LogP contribution in [0.2, 0.25) is 5.15 Å². The van der Waals surface area contributed by atoms with Gasteiger partial charge in [0, 0.05) is 28.9 Å². The zero-order valence-corrected chi connectivity index (χ0v) is 11.7. The van der Waals surface area contributed by atoms with E-state index < -0.39 is 0 Å². The van der Waals surface area contributed by atoms with Crippen molar-refractivity contribution in [2.24, 2.45) is 0 Å². The summed E-state index contributed by atoms with van der Waals surface area (Å²) >= 11 is 13.0.